The third-order valence-corrected chi connectivity index (χ3v) is 8.49. The number of anilines is 1. The van der Waals surface area contributed by atoms with Crippen molar-refractivity contribution in [3.63, 3.8) is 0 Å². The number of nitrogens with zero attached hydrogens (tertiary/aromatic N) is 5. The third-order valence-electron chi connectivity index (χ3n) is 6.61. The zero-order chi connectivity index (χ0) is 28.3. The van der Waals surface area contributed by atoms with Gasteiger partial charge in [-0.1, -0.05) is 34.6 Å². The molecular weight excluding hydrogens is 555 g/mol. The molecule has 0 saturated carbocycles. The van der Waals surface area contributed by atoms with Crippen LogP contribution in [0.25, 0.3) is 22.8 Å². The first-order valence-electron chi connectivity index (χ1n) is 12.0. The second-order valence-electron chi connectivity index (χ2n) is 9.79. The highest BCUT2D eigenvalue weighted by Crippen LogP contribution is 2.35. The molecule has 0 bridgehead atoms. The fraction of sp³-hybridized carbons (Fsp3) is 0.333. The maximum atomic E-state index is 13.1. The number of rotatable bonds is 5. The molecule has 0 spiro atoms. The van der Waals surface area contributed by atoms with E-state index in [4.69, 9.17) is 20.7 Å². The molecule has 2 aliphatic rings. The quantitative estimate of drug-likeness (QED) is 0.354. The van der Waals surface area contributed by atoms with Gasteiger partial charge < -0.3 is 30.2 Å². The minimum atomic E-state index is -4.75. The Morgan fingerprint density at radius 3 is 2.33 bits per heavy atom. The first-order chi connectivity index (χ1) is 18.9. The molecule has 4 aromatic rings. The van der Waals surface area contributed by atoms with Crippen LogP contribution < -0.4 is 16.4 Å². The summed E-state index contributed by atoms with van der Waals surface area (Å²) < 4.78 is 79.5. The average molecular weight is 578 g/mol. The van der Waals surface area contributed by atoms with E-state index < -0.39 is 33.5 Å². The summed E-state index contributed by atoms with van der Waals surface area (Å²) in [6.07, 6.45) is -4.75. The van der Waals surface area contributed by atoms with Crippen molar-refractivity contribution in [2.45, 2.75) is 29.2 Å². The monoisotopic (exact) mass is 577 g/mol. The molecule has 1 atom stereocenters. The van der Waals surface area contributed by atoms with Gasteiger partial charge in [0, 0.05) is 30.3 Å². The standard InChI is InChI=1S/C24H22F3N7O5S/c25-24(26,27)22-31-19(32-39-22)14-3-1-13(2-4-14)8-34-9-16(28)10-40(35,36)18-6-5-15(7-17(18)34)20-30-21(38-33-20)23(29)11-37-12-23/h1-7,16H,8-12,28-29H2/t16-/m1/s1. The zero-order valence-electron chi connectivity index (χ0n) is 20.6. The molecule has 40 heavy (non-hydrogen) atoms. The predicted octanol–water partition coefficient (Wildman–Crippen LogP) is 2.11. The fourth-order valence-corrected chi connectivity index (χ4v) is 6.18. The molecule has 0 radical (unpaired) electrons. The van der Waals surface area contributed by atoms with Gasteiger partial charge in [0.25, 0.3) is 5.89 Å². The molecule has 0 amide bonds. The van der Waals surface area contributed by atoms with Crippen molar-refractivity contribution in [2.24, 2.45) is 11.5 Å². The highest BCUT2D eigenvalue weighted by atomic mass is 32.2. The summed E-state index contributed by atoms with van der Waals surface area (Å²) in [6.45, 7) is 0.966. The number of ether oxygens (including phenoxy) is 1. The maximum Gasteiger partial charge on any atom is 0.471 e. The van der Waals surface area contributed by atoms with Gasteiger partial charge in [0.2, 0.25) is 11.6 Å². The lowest BCUT2D eigenvalue weighted by molar-refractivity contribution is -0.159. The fourth-order valence-electron chi connectivity index (χ4n) is 4.55. The Labute approximate surface area is 225 Å². The number of halogens is 3. The van der Waals surface area contributed by atoms with Crippen molar-refractivity contribution in [1.82, 2.24) is 20.3 Å². The van der Waals surface area contributed by atoms with Crippen LogP contribution in [0.5, 0.6) is 0 Å². The first kappa shape index (κ1) is 26.4. The minimum absolute atomic E-state index is 0.110. The molecule has 4 heterocycles. The van der Waals surface area contributed by atoms with E-state index in [0.29, 0.717) is 16.8 Å². The van der Waals surface area contributed by atoms with E-state index >= 15 is 0 Å². The highest BCUT2D eigenvalue weighted by molar-refractivity contribution is 7.91. The molecule has 12 nitrogen and oxygen atoms in total. The van der Waals surface area contributed by atoms with Crippen molar-refractivity contribution < 1.29 is 35.4 Å². The van der Waals surface area contributed by atoms with Gasteiger partial charge in [-0.15, -0.1) is 0 Å². The Balaban J connectivity index is 1.31. The normalized spacial score (nSPS) is 20.0. The largest absolute Gasteiger partial charge is 0.471 e. The van der Waals surface area contributed by atoms with Crippen molar-refractivity contribution in [3.8, 4) is 22.8 Å². The Kier molecular flexibility index (Phi) is 6.17. The van der Waals surface area contributed by atoms with Crippen molar-refractivity contribution >= 4 is 15.5 Å². The SMILES string of the molecule is N[C@@H]1CN(Cc2ccc(-c3noc(C(F)(F)F)n3)cc2)c2cc(-c3noc(C4(N)COC4)n3)ccc2S(=O)(=O)C1. The number of sulfone groups is 1. The van der Waals surface area contributed by atoms with Gasteiger partial charge in [0.05, 0.1) is 29.5 Å². The summed E-state index contributed by atoms with van der Waals surface area (Å²) in [4.78, 5) is 9.73. The van der Waals surface area contributed by atoms with Crippen LogP contribution in [0.2, 0.25) is 0 Å². The average Bonchev–Trinajstić information content (AvgIpc) is 3.56. The van der Waals surface area contributed by atoms with Crippen LogP contribution in [0.1, 0.15) is 17.3 Å². The number of benzene rings is 2. The minimum Gasteiger partial charge on any atom is -0.376 e. The zero-order valence-corrected chi connectivity index (χ0v) is 21.4. The number of aromatic nitrogens is 4. The Morgan fingerprint density at radius 1 is 1.00 bits per heavy atom. The van der Waals surface area contributed by atoms with Crippen molar-refractivity contribution in [2.75, 3.05) is 30.4 Å². The smallest absolute Gasteiger partial charge is 0.376 e. The van der Waals surface area contributed by atoms with Gasteiger partial charge in [0.15, 0.2) is 9.84 Å². The van der Waals surface area contributed by atoms with Crippen LogP contribution in [-0.4, -0.2) is 60.3 Å². The van der Waals surface area contributed by atoms with Gasteiger partial charge in [-0.05, 0) is 23.8 Å². The molecular formula is C24H22F3N7O5S. The summed E-state index contributed by atoms with van der Waals surface area (Å²) in [5.41, 5.74) is 13.5. The third kappa shape index (κ3) is 4.83. The summed E-state index contributed by atoms with van der Waals surface area (Å²) in [6, 6.07) is 10.5. The maximum absolute atomic E-state index is 13.1. The topological polar surface area (TPSA) is 176 Å². The van der Waals surface area contributed by atoms with Gasteiger partial charge >= 0.3 is 12.1 Å². The first-order valence-corrected chi connectivity index (χ1v) is 13.7. The molecule has 210 valence electrons. The molecule has 2 aromatic carbocycles. The van der Waals surface area contributed by atoms with Crippen molar-refractivity contribution in [1.29, 1.82) is 0 Å². The van der Waals surface area contributed by atoms with Crippen LogP contribution in [0.3, 0.4) is 0 Å². The molecule has 2 aliphatic heterocycles. The molecule has 1 fully saturated rings. The molecule has 0 unspecified atom stereocenters. The molecule has 16 heteroatoms. The number of hydrogen-bond donors (Lipinski definition) is 2. The summed E-state index contributed by atoms with van der Waals surface area (Å²) in [7, 11) is -3.70. The van der Waals surface area contributed by atoms with Crippen LogP contribution in [0, 0.1) is 0 Å². The lowest BCUT2D eigenvalue weighted by Gasteiger charge is -2.33. The van der Waals surface area contributed by atoms with Crippen LogP contribution >= 0.6 is 0 Å². The van der Waals surface area contributed by atoms with Crippen LogP contribution in [0.4, 0.5) is 18.9 Å². The number of alkyl halides is 3. The van der Waals surface area contributed by atoms with E-state index in [-0.39, 0.29) is 54.5 Å². The lowest BCUT2D eigenvalue weighted by atomic mass is 9.99. The Morgan fingerprint density at radius 2 is 1.68 bits per heavy atom. The van der Waals surface area contributed by atoms with E-state index in [1.54, 1.807) is 36.4 Å². The number of fused-ring (bicyclic) bond motifs is 1. The predicted molar refractivity (Wildman–Crippen MR) is 132 cm³/mol. The lowest BCUT2D eigenvalue weighted by Crippen LogP contribution is -2.54. The Hall–Kier alpha value is -3.86. The number of hydrogen-bond acceptors (Lipinski definition) is 12. The second-order valence-corrected chi connectivity index (χ2v) is 11.8. The summed E-state index contributed by atoms with van der Waals surface area (Å²) in [5.74, 6) is -1.42. The van der Waals surface area contributed by atoms with Gasteiger partial charge in [-0.3, -0.25) is 0 Å². The molecule has 4 N–H and O–H groups in total. The van der Waals surface area contributed by atoms with E-state index in [1.807, 2.05) is 4.90 Å². The van der Waals surface area contributed by atoms with Crippen molar-refractivity contribution in [3.05, 3.63) is 59.8 Å². The van der Waals surface area contributed by atoms with Gasteiger partial charge in [-0.25, -0.2) is 8.42 Å². The molecule has 6 rings (SSSR count). The molecule has 0 aliphatic carbocycles. The molecule has 2 aromatic heterocycles. The summed E-state index contributed by atoms with van der Waals surface area (Å²) in [5, 5.41) is 7.42. The van der Waals surface area contributed by atoms with E-state index in [9.17, 15) is 21.6 Å². The molecule has 1 saturated heterocycles. The van der Waals surface area contributed by atoms with Gasteiger partial charge in [-0.2, -0.15) is 23.1 Å². The van der Waals surface area contributed by atoms with Crippen LogP contribution in [0.15, 0.2) is 56.4 Å². The number of nitrogens with two attached hydrogens (primary N) is 2. The van der Waals surface area contributed by atoms with E-state index in [2.05, 4.69) is 24.8 Å². The van der Waals surface area contributed by atoms with Gasteiger partial charge in [0.1, 0.15) is 5.54 Å². The second kappa shape index (κ2) is 9.36. The van der Waals surface area contributed by atoms with Crippen LogP contribution in [-0.2, 0) is 32.8 Å². The highest BCUT2D eigenvalue weighted by Gasteiger charge is 2.42. The Bertz CT molecular complexity index is 1670. The van der Waals surface area contributed by atoms with E-state index in [1.165, 1.54) is 6.07 Å². The van der Waals surface area contributed by atoms with E-state index in [0.717, 1.165) is 5.56 Å². The summed E-state index contributed by atoms with van der Waals surface area (Å²) >= 11 is 0.